The lowest BCUT2D eigenvalue weighted by molar-refractivity contribution is 0.102. The molecule has 0 saturated heterocycles. The molecule has 3 rings (SSSR count). The average Bonchev–Trinajstić information content (AvgIpc) is 3.01. The lowest BCUT2D eigenvalue weighted by atomic mass is 10.1. The van der Waals surface area contributed by atoms with E-state index in [0.29, 0.717) is 16.3 Å². The molecular weight excluding hydrogens is 290 g/mol. The Balaban J connectivity index is 1.86. The molecule has 0 radical (unpaired) electrons. The third-order valence-electron chi connectivity index (χ3n) is 2.81. The Kier molecular flexibility index (Phi) is 3.66. The first-order chi connectivity index (χ1) is 10.2. The summed E-state index contributed by atoms with van der Waals surface area (Å²) in [4.78, 5) is 20.2. The Morgan fingerprint density at radius 1 is 1.10 bits per heavy atom. The number of benzene rings is 1. The first-order valence-corrected chi connectivity index (χ1v) is 6.53. The van der Waals surface area contributed by atoms with Crippen molar-refractivity contribution in [2.75, 3.05) is 5.32 Å². The highest BCUT2D eigenvalue weighted by atomic mass is 35.5. The molecule has 1 amide bonds. The number of nitrogens with zero attached hydrogens (tertiary/aromatic N) is 2. The van der Waals surface area contributed by atoms with Crippen LogP contribution < -0.4 is 5.32 Å². The van der Waals surface area contributed by atoms with E-state index in [1.54, 1.807) is 30.5 Å². The molecule has 6 heteroatoms. The minimum absolute atomic E-state index is 0.157. The van der Waals surface area contributed by atoms with Crippen molar-refractivity contribution in [1.29, 1.82) is 0 Å². The van der Waals surface area contributed by atoms with Gasteiger partial charge in [0.05, 0.1) is 11.9 Å². The van der Waals surface area contributed by atoms with E-state index in [1.165, 1.54) is 12.5 Å². The highest BCUT2D eigenvalue weighted by Crippen LogP contribution is 2.20. The van der Waals surface area contributed by atoms with Crippen LogP contribution in [0.3, 0.4) is 0 Å². The SMILES string of the molecule is O=C(Nc1ncco1)c1ccnc(-c2ccc(Cl)cc2)c1. The summed E-state index contributed by atoms with van der Waals surface area (Å²) in [7, 11) is 0. The first kappa shape index (κ1) is 13.3. The number of hydrogen-bond acceptors (Lipinski definition) is 4. The number of carbonyl (C=O) groups excluding carboxylic acids is 1. The fourth-order valence-corrected chi connectivity index (χ4v) is 1.93. The van der Waals surface area contributed by atoms with Gasteiger partial charge in [-0.15, -0.1) is 0 Å². The Labute approximate surface area is 125 Å². The van der Waals surface area contributed by atoms with Crippen molar-refractivity contribution in [2.24, 2.45) is 0 Å². The zero-order valence-electron chi connectivity index (χ0n) is 10.8. The van der Waals surface area contributed by atoms with E-state index < -0.39 is 0 Å². The molecule has 0 aliphatic heterocycles. The number of rotatable bonds is 3. The van der Waals surface area contributed by atoms with Crippen LogP contribution in [0.4, 0.5) is 6.01 Å². The average molecular weight is 300 g/mol. The zero-order chi connectivity index (χ0) is 14.7. The van der Waals surface area contributed by atoms with E-state index in [9.17, 15) is 4.79 Å². The minimum Gasteiger partial charge on any atom is -0.432 e. The molecule has 0 unspecified atom stereocenters. The number of pyridine rings is 1. The second kappa shape index (κ2) is 5.76. The van der Waals surface area contributed by atoms with Gasteiger partial charge in [-0.1, -0.05) is 23.7 Å². The van der Waals surface area contributed by atoms with Gasteiger partial charge in [0.1, 0.15) is 6.26 Å². The summed E-state index contributed by atoms with van der Waals surface area (Å²) in [6.45, 7) is 0. The van der Waals surface area contributed by atoms with Crippen LogP contribution in [0.1, 0.15) is 10.4 Å². The molecule has 1 aromatic carbocycles. The summed E-state index contributed by atoms with van der Waals surface area (Å²) < 4.78 is 4.98. The van der Waals surface area contributed by atoms with Crippen LogP contribution in [0.25, 0.3) is 11.3 Å². The number of anilines is 1. The van der Waals surface area contributed by atoms with Crippen molar-refractivity contribution in [1.82, 2.24) is 9.97 Å². The fraction of sp³-hybridized carbons (Fsp3) is 0. The Hall–Kier alpha value is -2.66. The van der Waals surface area contributed by atoms with Gasteiger partial charge in [-0.3, -0.25) is 15.1 Å². The van der Waals surface area contributed by atoms with Crippen molar-refractivity contribution in [2.45, 2.75) is 0 Å². The van der Waals surface area contributed by atoms with Gasteiger partial charge in [-0.2, -0.15) is 0 Å². The monoisotopic (exact) mass is 299 g/mol. The van der Waals surface area contributed by atoms with Crippen LogP contribution in [-0.4, -0.2) is 15.9 Å². The smallest absolute Gasteiger partial charge is 0.301 e. The van der Waals surface area contributed by atoms with E-state index in [0.717, 1.165) is 5.56 Å². The molecule has 0 saturated carbocycles. The highest BCUT2D eigenvalue weighted by Gasteiger charge is 2.10. The standard InChI is InChI=1S/C15H10ClN3O2/c16-12-3-1-10(2-4-12)13-9-11(5-6-17-13)14(20)19-15-18-7-8-21-15/h1-9H,(H,18,19,20). The molecule has 0 bridgehead atoms. The van der Waals surface area contributed by atoms with E-state index in [-0.39, 0.29) is 11.9 Å². The molecule has 0 aliphatic rings. The van der Waals surface area contributed by atoms with Gasteiger partial charge in [0.2, 0.25) is 0 Å². The van der Waals surface area contributed by atoms with E-state index in [4.69, 9.17) is 16.0 Å². The second-order valence-electron chi connectivity index (χ2n) is 4.23. The number of oxazole rings is 1. The molecule has 5 nitrogen and oxygen atoms in total. The Morgan fingerprint density at radius 3 is 2.62 bits per heavy atom. The third-order valence-corrected chi connectivity index (χ3v) is 3.07. The maximum Gasteiger partial charge on any atom is 0.301 e. The molecule has 0 aliphatic carbocycles. The predicted octanol–water partition coefficient (Wildman–Crippen LogP) is 3.64. The fourth-order valence-electron chi connectivity index (χ4n) is 1.80. The molecule has 104 valence electrons. The molecule has 2 aromatic heterocycles. The van der Waals surface area contributed by atoms with E-state index in [2.05, 4.69) is 15.3 Å². The van der Waals surface area contributed by atoms with Crippen molar-refractivity contribution in [3.63, 3.8) is 0 Å². The van der Waals surface area contributed by atoms with Crippen molar-refractivity contribution >= 4 is 23.5 Å². The van der Waals surface area contributed by atoms with E-state index >= 15 is 0 Å². The Bertz CT molecular complexity index is 755. The van der Waals surface area contributed by atoms with Gasteiger partial charge >= 0.3 is 6.01 Å². The Morgan fingerprint density at radius 2 is 1.90 bits per heavy atom. The van der Waals surface area contributed by atoms with Crippen molar-refractivity contribution in [3.05, 3.63) is 65.6 Å². The summed E-state index contributed by atoms with van der Waals surface area (Å²) in [5.41, 5.74) is 2.03. The molecular formula is C15H10ClN3O2. The van der Waals surface area contributed by atoms with Crippen LogP contribution in [0, 0.1) is 0 Å². The summed E-state index contributed by atoms with van der Waals surface area (Å²) in [5, 5.41) is 3.21. The van der Waals surface area contributed by atoms with Crippen LogP contribution in [0.5, 0.6) is 0 Å². The maximum atomic E-state index is 12.1. The second-order valence-corrected chi connectivity index (χ2v) is 4.66. The van der Waals surface area contributed by atoms with Crippen LogP contribution >= 0.6 is 11.6 Å². The van der Waals surface area contributed by atoms with Gasteiger partial charge in [0.25, 0.3) is 5.91 Å². The van der Waals surface area contributed by atoms with Gasteiger partial charge < -0.3 is 4.42 Å². The van der Waals surface area contributed by atoms with Crippen LogP contribution in [-0.2, 0) is 0 Å². The van der Waals surface area contributed by atoms with Crippen molar-refractivity contribution in [3.8, 4) is 11.3 Å². The van der Waals surface area contributed by atoms with Gasteiger partial charge in [0.15, 0.2) is 0 Å². The third kappa shape index (κ3) is 3.09. The normalized spacial score (nSPS) is 10.3. The summed E-state index contributed by atoms with van der Waals surface area (Å²) in [6, 6.07) is 10.7. The molecule has 21 heavy (non-hydrogen) atoms. The highest BCUT2D eigenvalue weighted by molar-refractivity contribution is 6.30. The lowest BCUT2D eigenvalue weighted by Gasteiger charge is -2.04. The molecule has 3 aromatic rings. The summed E-state index contributed by atoms with van der Waals surface area (Å²) >= 11 is 5.86. The number of amides is 1. The number of carbonyl (C=O) groups is 1. The maximum absolute atomic E-state index is 12.1. The molecule has 2 heterocycles. The first-order valence-electron chi connectivity index (χ1n) is 6.15. The summed E-state index contributed by atoms with van der Waals surface area (Å²) in [6.07, 6.45) is 4.43. The molecule has 1 N–H and O–H groups in total. The molecule has 0 fully saturated rings. The lowest BCUT2D eigenvalue weighted by Crippen LogP contribution is -2.12. The number of aromatic nitrogens is 2. The van der Waals surface area contributed by atoms with Gasteiger partial charge in [-0.25, -0.2) is 4.98 Å². The van der Waals surface area contributed by atoms with Gasteiger partial charge in [0, 0.05) is 22.3 Å². The molecule has 0 atom stereocenters. The zero-order valence-corrected chi connectivity index (χ0v) is 11.5. The number of nitrogens with one attached hydrogen (secondary N) is 1. The number of halogens is 1. The topological polar surface area (TPSA) is 68.0 Å². The van der Waals surface area contributed by atoms with Gasteiger partial charge in [-0.05, 0) is 24.3 Å². The number of hydrogen-bond donors (Lipinski definition) is 1. The minimum atomic E-state index is -0.310. The molecule has 0 spiro atoms. The largest absolute Gasteiger partial charge is 0.432 e. The summed E-state index contributed by atoms with van der Waals surface area (Å²) in [5.74, 6) is -0.310. The van der Waals surface area contributed by atoms with E-state index in [1.807, 2.05) is 12.1 Å². The predicted molar refractivity (Wildman–Crippen MR) is 79.1 cm³/mol. The quantitative estimate of drug-likeness (QED) is 0.801. The van der Waals surface area contributed by atoms with Crippen LogP contribution in [0.2, 0.25) is 5.02 Å². The van der Waals surface area contributed by atoms with Crippen molar-refractivity contribution < 1.29 is 9.21 Å². The van der Waals surface area contributed by atoms with Crippen LogP contribution in [0.15, 0.2) is 59.5 Å².